The highest BCUT2D eigenvalue weighted by atomic mass is 16.5. The number of methoxy groups -OCH3 is 1. The van der Waals surface area contributed by atoms with Crippen LogP contribution in [0.15, 0.2) is 24.3 Å². The van der Waals surface area contributed by atoms with E-state index in [0.717, 1.165) is 25.0 Å². The Kier molecular flexibility index (Phi) is 3.98. The van der Waals surface area contributed by atoms with Crippen LogP contribution in [0.3, 0.4) is 0 Å². The summed E-state index contributed by atoms with van der Waals surface area (Å²) in [5.41, 5.74) is 1.07. The van der Waals surface area contributed by atoms with Crippen LogP contribution in [0, 0.1) is 11.8 Å². The van der Waals surface area contributed by atoms with Crippen LogP contribution in [0.25, 0.3) is 0 Å². The van der Waals surface area contributed by atoms with E-state index >= 15 is 0 Å². The summed E-state index contributed by atoms with van der Waals surface area (Å²) in [7, 11) is 1.68. The highest BCUT2D eigenvalue weighted by molar-refractivity contribution is 5.83. The molecule has 0 aromatic heterocycles. The molecular formula is C17H24O2. The van der Waals surface area contributed by atoms with E-state index in [1.165, 1.54) is 5.56 Å². The molecule has 0 radical (unpaired) electrons. The molecule has 0 bridgehead atoms. The molecule has 0 heterocycles. The Morgan fingerprint density at radius 2 is 2.00 bits per heavy atom. The first kappa shape index (κ1) is 14.1. The van der Waals surface area contributed by atoms with E-state index in [4.69, 9.17) is 4.74 Å². The zero-order valence-corrected chi connectivity index (χ0v) is 12.4. The maximum atomic E-state index is 12.3. The Morgan fingerprint density at radius 3 is 2.63 bits per heavy atom. The van der Waals surface area contributed by atoms with E-state index in [1.807, 2.05) is 12.1 Å². The van der Waals surface area contributed by atoms with Gasteiger partial charge in [-0.3, -0.25) is 4.79 Å². The Morgan fingerprint density at radius 1 is 1.26 bits per heavy atom. The molecule has 1 aliphatic carbocycles. The first-order chi connectivity index (χ1) is 8.95. The van der Waals surface area contributed by atoms with Crippen molar-refractivity contribution in [3.05, 3.63) is 29.8 Å². The molecule has 1 fully saturated rings. The summed E-state index contributed by atoms with van der Waals surface area (Å²) in [6, 6.07) is 8.12. The monoisotopic (exact) mass is 260 g/mol. The Hall–Kier alpha value is -1.31. The first-order valence-electron chi connectivity index (χ1n) is 7.12. The second-order valence-corrected chi connectivity index (χ2v) is 6.36. The smallest absolute Gasteiger partial charge is 0.137 e. The number of ketones is 1. The van der Waals surface area contributed by atoms with Gasteiger partial charge in [-0.1, -0.05) is 32.9 Å². The van der Waals surface area contributed by atoms with Gasteiger partial charge in [0, 0.05) is 12.3 Å². The molecule has 2 unspecified atom stereocenters. The molecule has 2 nitrogen and oxygen atoms in total. The Balaban J connectivity index is 2.27. The van der Waals surface area contributed by atoms with E-state index in [2.05, 4.69) is 32.9 Å². The van der Waals surface area contributed by atoms with Gasteiger partial charge >= 0.3 is 0 Å². The molecule has 0 saturated heterocycles. The van der Waals surface area contributed by atoms with Gasteiger partial charge in [-0.25, -0.2) is 0 Å². The molecule has 0 spiro atoms. The topological polar surface area (TPSA) is 26.3 Å². The summed E-state index contributed by atoms with van der Waals surface area (Å²) in [5.74, 6) is 1.97. The number of hydrogen-bond acceptors (Lipinski definition) is 2. The lowest BCUT2D eigenvalue weighted by molar-refractivity contribution is -0.128. The molecule has 1 saturated carbocycles. The fraction of sp³-hybridized carbons (Fsp3) is 0.588. The van der Waals surface area contributed by atoms with E-state index in [0.29, 0.717) is 11.7 Å². The highest BCUT2D eigenvalue weighted by Crippen LogP contribution is 2.41. The Labute approximate surface area is 116 Å². The predicted octanol–water partition coefficient (Wildman–Crippen LogP) is 3.98. The molecule has 1 aromatic rings. The van der Waals surface area contributed by atoms with Crippen LogP contribution in [0.1, 0.15) is 45.6 Å². The fourth-order valence-corrected chi connectivity index (χ4v) is 3.19. The number of hydrogen-bond donors (Lipinski definition) is 0. The maximum Gasteiger partial charge on any atom is 0.137 e. The molecule has 1 aliphatic rings. The lowest BCUT2D eigenvalue weighted by Crippen LogP contribution is -2.38. The molecule has 2 rings (SSSR count). The van der Waals surface area contributed by atoms with Gasteiger partial charge in [0.1, 0.15) is 11.5 Å². The predicted molar refractivity (Wildman–Crippen MR) is 77.5 cm³/mol. The summed E-state index contributed by atoms with van der Waals surface area (Å²) in [6.45, 7) is 6.54. The largest absolute Gasteiger partial charge is 0.497 e. The second-order valence-electron chi connectivity index (χ2n) is 6.36. The van der Waals surface area contributed by atoms with Crippen LogP contribution < -0.4 is 4.74 Å². The average Bonchev–Trinajstić information content (AvgIpc) is 2.38. The molecule has 2 atom stereocenters. The van der Waals surface area contributed by atoms with Crippen molar-refractivity contribution in [1.82, 2.24) is 0 Å². The number of Topliss-reactive ketones (excluding diaryl/α,β-unsaturated/α-hetero) is 1. The minimum atomic E-state index is -0.119. The van der Waals surface area contributed by atoms with Crippen molar-refractivity contribution < 1.29 is 9.53 Å². The minimum Gasteiger partial charge on any atom is -0.497 e. The van der Waals surface area contributed by atoms with Gasteiger partial charge in [-0.15, -0.1) is 0 Å². The second kappa shape index (κ2) is 5.36. The zero-order chi connectivity index (χ0) is 14.0. The van der Waals surface area contributed by atoms with Gasteiger partial charge in [0.25, 0.3) is 0 Å². The van der Waals surface area contributed by atoms with Crippen molar-refractivity contribution in [2.24, 2.45) is 11.8 Å². The standard InChI is InChI=1S/C17H24O2/c1-12-8-9-15(16(18)10-12)17(2,3)13-6-5-7-14(11-13)19-4/h5-7,11-12,15H,8-10H2,1-4H3. The third kappa shape index (κ3) is 2.83. The molecule has 2 heteroatoms. The normalized spacial score (nSPS) is 24.3. The molecular weight excluding hydrogens is 236 g/mol. The van der Waals surface area contributed by atoms with Crippen molar-refractivity contribution in [3.8, 4) is 5.75 Å². The van der Waals surface area contributed by atoms with Gasteiger partial charge in [-0.05, 0) is 41.9 Å². The van der Waals surface area contributed by atoms with Crippen LogP contribution in [0.4, 0.5) is 0 Å². The van der Waals surface area contributed by atoms with E-state index in [9.17, 15) is 4.79 Å². The number of rotatable bonds is 3. The van der Waals surface area contributed by atoms with E-state index in [-0.39, 0.29) is 11.3 Å². The molecule has 0 amide bonds. The summed E-state index contributed by atoms with van der Waals surface area (Å²) in [4.78, 5) is 12.3. The highest BCUT2D eigenvalue weighted by Gasteiger charge is 2.39. The molecule has 0 aliphatic heterocycles. The van der Waals surface area contributed by atoms with Gasteiger partial charge < -0.3 is 4.74 Å². The number of benzene rings is 1. The summed E-state index contributed by atoms with van der Waals surface area (Å²) < 4.78 is 5.30. The quantitative estimate of drug-likeness (QED) is 0.821. The van der Waals surface area contributed by atoms with Crippen molar-refractivity contribution in [1.29, 1.82) is 0 Å². The van der Waals surface area contributed by atoms with Crippen LogP contribution in [0.2, 0.25) is 0 Å². The van der Waals surface area contributed by atoms with Crippen molar-refractivity contribution >= 4 is 5.78 Å². The van der Waals surface area contributed by atoms with Gasteiger partial charge in [-0.2, -0.15) is 0 Å². The lowest BCUT2D eigenvalue weighted by Gasteiger charge is -2.38. The minimum absolute atomic E-state index is 0.119. The number of carbonyl (C=O) groups excluding carboxylic acids is 1. The van der Waals surface area contributed by atoms with Crippen molar-refractivity contribution in [2.75, 3.05) is 7.11 Å². The average molecular weight is 260 g/mol. The van der Waals surface area contributed by atoms with Crippen LogP contribution in [-0.2, 0) is 10.2 Å². The number of carbonyl (C=O) groups is 1. The molecule has 1 aromatic carbocycles. The van der Waals surface area contributed by atoms with Crippen molar-refractivity contribution in [2.45, 2.75) is 45.4 Å². The van der Waals surface area contributed by atoms with Crippen LogP contribution >= 0.6 is 0 Å². The maximum absolute atomic E-state index is 12.3. The molecule has 19 heavy (non-hydrogen) atoms. The zero-order valence-electron chi connectivity index (χ0n) is 12.4. The fourth-order valence-electron chi connectivity index (χ4n) is 3.19. The van der Waals surface area contributed by atoms with Crippen LogP contribution in [-0.4, -0.2) is 12.9 Å². The number of ether oxygens (including phenoxy) is 1. The molecule has 0 N–H and O–H groups in total. The third-order valence-electron chi connectivity index (χ3n) is 4.57. The molecule has 104 valence electrons. The summed E-state index contributed by atoms with van der Waals surface area (Å²) in [6.07, 6.45) is 2.89. The van der Waals surface area contributed by atoms with E-state index in [1.54, 1.807) is 7.11 Å². The van der Waals surface area contributed by atoms with Gasteiger partial charge in [0.15, 0.2) is 0 Å². The van der Waals surface area contributed by atoms with Gasteiger partial charge in [0.05, 0.1) is 7.11 Å². The van der Waals surface area contributed by atoms with Crippen molar-refractivity contribution in [3.63, 3.8) is 0 Å². The lowest BCUT2D eigenvalue weighted by atomic mass is 9.65. The van der Waals surface area contributed by atoms with Gasteiger partial charge in [0.2, 0.25) is 0 Å². The van der Waals surface area contributed by atoms with E-state index < -0.39 is 0 Å². The third-order valence-corrected chi connectivity index (χ3v) is 4.57. The summed E-state index contributed by atoms with van der Waals surface area (Å²) in [5, 5.41) is 0. The SMILES string of the molecule is COc1cccc(C(C)(C)C2CCC(C)CC2=O)c1. The summed E-state index contributed by atoms with van der Waals surface area (Å²) >= 11 is 0. The Bertz CT molecular complexity index is 462. The first-order valence-corrected chi connectivity index (χ1v) is 7.12. The van der Waals surface area contributed by atoms with Crippen LogP contribution in [0.5, 0.6) is 5.75 Å².